The third kappa shape index (κ3) is 4.50. The topological polar surface area (TPSA) is 91.4 Å². The van der Waals surface area contributed by atoms with Crippen LogP contribution in [0.3, 0.4) is 0 Å². The van der Waals surface area contributed by atoms with Gasteiger partial charge in [-0.3, -0.25) is 4.79 Å². The highest BCUT2D eigenvalue weighted by atomic mass is 35.5. The molecule has 3 aromatic rings. The second-order valence-corrected chi connectivity index (χ2v) is 11.3. The fourth-order valence-corrected chi connectivity index (χ4v) is 6.75. The van der Waals surface area contributed by atoms with Crippen molar-refractivity contribution in [2.75, 3.05) is 20.2 Å². The van der Waals surface area contributed by atoms with Gasteiger partial charge in [0.05, 0.1) is 17.0 Å². The van der Waals surface area contributed by atoms with E-state index in [1.54, 1.807) is 17.9 Å². The molecule has 6 rings (SSSR count). The van der Waals surface area contributed by atoms with Crippen molar-refractivity contribution in [3.8, 4) is 5.75 Å². The maximum absolute atomic E-state index is 16.1. The average Bonchev–Trinajstić information content (AvgIpc) is 3.53. The Morgan fingerprint density at radius 3 is 2.82 bits per heavy atom. The number of benzene rings is 2. The number of hydrogen-bond acceptors (Lipinski definition) is 5. The van der Waals surface area contributed by atoms with Crippen molar-refractivity contribution in [2.24, 2.45) is 17.6 Å². The number of imidazole rings is 1. The van der Waals surface area contributed by atoms with Crippen LogP contribution in [0.2, 0.25) is 5.02 Å². The number of nitrogens with one attached hydrogen (secondary N) is 1. The number of nitrogens with two attached hydrogens (primary N) is 1. The molecule has 3 unspecified atom stereocenters. The molecular weight excluding hydrogens is 526 g/mol. The molecule has 2 aromatic carbocycles. The number of primary amides is 1. The van der Waals surface area contributed by atoms with E-state index in [9.17, 15) is 4.79 Å². The monoisotopic (exact) mass is 556 g/mol. The van der Waals surface area contributed by atoms with Crippen LogP contribution in [0.5, 0.6) is 5.75 Å². The second-order valence-electron chi connectivity index (χ2n) is 10.9. The standard InChI is InChI=1S/C29H31ClF2N4O3/c1-38-18-9-16(10-18)13-34-15-29(17-5-3-2-4-6-17)12-19-22(39-29)11-21(31)25(30)23(19)24-20(27(33)37)14-36-8-7-35-28(36)26(24)32/h2-8,11,16,18,20,24,26,34H,9-10,12-15H2,1H3,(H2,33,37)/t16?,18?,20?,24?,26?,29-/m1/s1. The largest absolute Gasteiger partial charge is 0.480 e. The van der Waals surface area contributed by atoms with Gasteiger partial charge in [0.1, 0.15) is 17.4 Å². The number of methoxy groups -OCH3 is 1. The van der Waals surface area contributed by atoms with Crippen molar-refractivity contribution in [3.05, 3.63) is 82.1 Å². The van der Waals surface area contributed by atoms with Gasteiger partial charge in [-0.1, -0.05) is 41.9 Å². The van der Waals surface area contributed by atoms with Crippen molar-refractivity contribution in [3.63, 3.8) is 0 Å². The summed E-state index contributed by atoms with van der Waals surface area (Å²) in [5, 5.41) is 3.34. The van der Waals surface area contributed by atoms with Gasteiger partial charge in [-0.15, -0.1) is 0 Å². The summed E-state index contributed by atoms with van der Waals surface area (Å²) in [6.07, 6.45) is 4.01. The summed E-state index contributed by atoms with van der Waals surface area (Å²) in [4.78, 5) is 16.7. The number of amides is 1. The molecule has 4 atom stereocenters. The zero-order valence-corrected chi connectivity index (χ0v) is 22.3. The number of ether oxygens (including phenoxy) is 2. The van der Waals surface area contributed by atoms with Crippen molar-refractivity contribution < 1.29 is 23.0 Å². The average molecular weight is 557 g/mol. The van der Waals surface area contributed by atoms with E-state index in [4.69, 9.17) is 26.8 Å². The summed E-state index contributed by atoms with van der Waals surface area (Å²) < 4.78 is 45.0. The molecule has 3 heterocycles. The van der Waals surface area contributed by atoms with E-state index in [1.807, 2.05) is 30.3 Å². The first-order valence-electron chi connectivity index (χ1n) is 13.2. The molecular formula is C29H31ClF2N4O3. The van der Waals surface area contributed by atoms with Gasteiger partial charge in [0.2, 0.25) is 5.91 Å². The number of hydrogen-bond donors (Lipinski definition) is 2. The van der Waals surface area contributed by atoms with E-state index in [0.717, 1.165) is 24.9 Å². The molecule has 3 N–H and O–H groups in total. The van der Waals surface area contributed by atoms with E-state index in [0.29, 0.717) is 36.3 Å². The van der Waals surface area contributed by atoms with Gasteiger partial charge in [-0.2, -0.15) is 0 Å². The molecule has 0 bridgehead atoms. The van der Waals surface area contributed by atoms with E-state index in [2.05, 4.69) is 10.3 Å². The number of nitrogens with zero attached hydrogens (tertiary/aromatic N) is 2. The molecule has 1 aromatic heterocycles. The number of alkyl halides is 1. The Morgan fingerprint density at radius 2 is 2.10 bits per heavy atom. The van der Waals surface area contributed by atoms with Crippen LogP contribution in [0.25, 0.3) is 0 Å². The minimum absolute atomic E-state index is 0.132. The third-order valence-electron chi connectivity index (χ3n) is 8.60. The zero-order chi connectivity index (χ0) is 27.3. The van der Waals surface area contributed by atoms with Crippen LogP contribution in [0.4, 0.5) is 8.78 Å². The summed E-state index contributed by atoms with van der Waals surface area (Å²) in [5.74, 6) is -2.49. The normalized spacial score (nSPS) is 29.3. The zero-order valence-electron chi connectivity index (χ0n) is 21.6. The summed E-state index contributed by atoms with van der Waals surface area (Å²) in [6.45, 7) is 1.37. The van der Waals surface area contributed by atoms with Crippen LogP contribution in [0, 0.1) is 17.7 Å². The maximum Gasteiger partial charge on any atom is 0.223 e. The Bertz CT molecular complexity index is 1380. The molecule has 2 aliphatic heterocycles. The minimum atomic E-state index is -1.70. The first-order chi connectivity index (χ1) is 18.8. The van der Waals surface area contributed by atoms with Gasteiger partial charge in [0.15, 0.2) is 11.8 Å². The van der Waals surface area contributed by atoms with Gasteiger partial charge in [-0.05, 0) is 36.4 Å². The van der Waals surface area contributed by atoms with Crippen LogP contribution >= 0.6 is 11.6 Å². The Kier molecular flexibility index (Phi) is 6.85. The van der Waals surface area contributed by atoms with Gasteiger partial charge in [-0.25, -0.2) is 13.8 Å². The van der Waals surface area contributed by atoms with Gasteiger partial charge < -0.3 is 25.1 Å². The lowest BCUT2D eigenvalue weighted by Crippen LogP contribution is -2.45. The van der Waals surface area contributed by atoms with Crippen LogP contribution in [-0.4, -0.2) is 41.8 Å². The van der Waals surface area contributed by atoms with Crippen molar-refractivity contribution in [2.45, 2.75) is 49.6 Å². The lowest BCUT2D eigenvalue weighted by atomic mass is 9.75. The van der Waals surface area contributed by atoms with Crippen LogP contribution < -0.4 is 15.8 Å². The molecule has 0 radical (unpaired) electrons. The first kappa shape index (κ1) is 26.2. The Hall–Kier alpha value is -3.01. The Labute approximate surface area is 230 Å². The predicted octanol–water partition coefficient (Wildman–Crippen LogP) is 4.43. The van der Waals surface area contributed by atoms with Crippen LogP contribution in [-0.2, 0) is 28.1 Å². The quantitative estimate of drug-likeness (QED) is 0.428. The van der Waals surface area contributed by atoms with Crippen LogP contribution in [0.15, 0.2) is 48.8 Å². The number of halogens is 3. The first-order valence-corrected chi connectivity index (χ1v) is 13.6. The molecule has 39 heavy (non-hydrogen) atoms. The molecule has 0 spiro atoms. The van der Waals surface area contributed by atoms with Gasteiger partial charge in [0, 0.05) is 56.6 Å². The second kappa shape index (κ2) is 10.2. The molecule has 1 saturated carbocycles. The molecule has 3 aliphatic rings. The minimum Gasteiger partial charge on any atom is -0.480 e. The number of aromatic nitrogens is 2. The number of carbonyl (C=O) groups excluding carboxylic acids is 1. The molecule has 7 nitrogen and oxygen atoms in total. The van der Waals surface area contributed by atoms with E-state index in [-0.39, 0.29) is 23.0 Å². The fraction of sp³-hybridized carbons (Fsp3) is 0.448. The molecule has 1 amide bonds. The molecule has 0 saturated heterocycles. The van der Waals surface area contributed by atoms with Crippen molar-refractivity contribution >= 4 is 17.5 Å². The van der Waals surface area contributed by atoms with E-state index in [1.165, 1.54) is 12.3 Å². The van der Waals surface area contributed by atoms with E-state index < -0.39 is 35.3 Å². The lowest BCUT2D eigenvalue weighted by Gasteiger charge is -2.36. The highest BCUT2D eigenvalue weighted by molar-refractivity contribution is 6.31. The summed E-state index contributed by atoms with van der Waals surface area (Å²) in [7, 11) is 1.73. The van der Waals surface area contributed by atoms with E-state index >= 15 is 8.78 Å². The van der Waals surface area contributed by atoms with Gasteiger partial charge >= 0.3 is 0 Å². The fourth-order valence-electron chi connectivity index (χ4n) is 6.46. The molecule has 1 fully saturated rings. The Morgan fingerprint density at radius 1 is 1.33 bits per heavy atom. The third-order valence-corrected chi connectivity index (χ3v) is 8.98. The number of fused-ring (bicyclic) bond motifs is 2. The predicted molar refractivity (Wildman–Crippen MR) is 142 cm³/mol. The number of rotatable bonds is 8. The maximum atomic E-state index is 16.1. The number of carbonyl (C=O) groups is 1. The lowest BCUT2D eigenvalue weighted by molar-refractivity contribution is -0.124. The van der Waals surface area contributed by atoms with Crippen LogP contribution in [0.1, 0.15) is 47.4 Å². The van der Waals surface area contributed by atoms with Crippen molar-refractivity contribution in [1.82, 2.24) is 14.9 Å². The molecule has 1 aliphatic carbocycles. The summed E-state index contributed by atoms with van der Waals surface area (Å²) in [6, 6.07) is 11.0. The molecule has 206 valence electrons. The smallest absolute Gasteiger partial charge is 0.223 e. The highest BCUT2D eigenvalue weighted by Gasteiger charge is 2.49. The highest BCUT2D eigenvalue weighted by Crippen LogP contribution is 2.53. The van der Waals surface area contributed by atoms with Gasteiger partial charge in [0.25, 0.3) is 0 Å². The summed E-state index contributed by atoms with van der Waals surface area (Å²) in [5.41, 5.74) is 6.62. The SMILES string of the molecule is COC1CC(CNC[C@@]2(c3ccccc3)Cc3c(cc(F)c(Cl)c3C3C(C(N)=O)Cn4ccnc4C3F)O2)C1. The Balaban J connectivity index is 1.38. The summed E-state index contributed by atoms with van der Waals surface area (Å²) >= 11 is 6.58. The molecule has 10 heteroatoms. The van der Waals surface area contributed by atoms with Crippen molar-refractivity contribution in [1.29, 1.82) is 0 Å².